The third kappa shape index (κ3) is 3.76. The molecule has 0 saturated heterocycles. The van der Waals surface area contributed by atoms with Crippen molar-refractivity contribution in [3.05, 3.63) is 53.6 Å². The number of ether oxygens (including phenoxy) is 2. The van der Waals surface area contributed by atoms with Crippen LogP contribution in [0.3, 0.4) is 0 Å². The lowest BCUT2D eigenvalue weighted by atomic mass is 10.1. The van der Waals surface area contributed by atoms with E-state index in [1.54, 1.807) is 56.7 Å². The van der Waals surface area contributed by atoms with Gasteiger partial charge in [0, 0.05) is 17.3 Å². The van der Waals surface area contributed by atoms with Gasteiger partial charge in [0.15, 0.2) is 0 Å². The van der Waals surface area contributed by atoms with Gasteiger partial charge in [-0.3, -0.25) is 4.79 Å². The van der Waals surface area contributed by atoms with Crippen LogP contribution < -0.4 is 14.8 Å². The van der Waals surface area contributed by atoms with Crippen LogP contribution in [0, 0.1) is 11.3 Å². The summed E-state index contributed by atoms with van der Waals surface area (Å²) in [7, 11) is 3.12. The van der Waals surface area contributed by atoms with E-state index in [0.717, 1.165) is 5.56 Å². The Morgan fingerprint density at radius 1 is 1.18 bits per heavy atom. The molecule has 0 unspecified atom stereocenters. The first kappa shape index (κ1) is 15.4. The molecular formula is C17H16N2O3. The van der Waals surface area contributed by atoms with Crippen LogP contribution in [0.25, 0.3) is 0 Å². The van der Waals surface area contributed by atoms with E-state index in [1.807, 2.05) is 6.07 Å². The number of hydrogen-bond acceptors (Lipinski definition) is 4. The monoisotopic (exact) mass is 296 g/mol. The Bertz CT molecular complexity index is 720. The van der Waals surface area contributed by atoms with Crippen molar-refractivity contribution in [2.45, 2.75) is 6.42 Å². The fourth-order valence-electron chi connectivity index (χ4n) is 2.04. The maximum absolute atomic E-state index is 12.1. The summed E-state index contributed by atoms with van der Waals surface area (Å²) < 4.78 is 10.4. The number of benzene rings is 2. The van der Waals surface area contributed by atoms with Gasteiger partial charge in [-0.05, 0) is 24.3 Å². The van der Waals surface area contributed by atoms with Gasteiger partial charge in [0.2, 0.25) is 5.91 Å². The van der Waals surface area contributed by atoms with Crippen LogP contribution in [0.2, 0.25) is 0 Å². The number of hydrogen-bond donors (Lipinski definition) is 1. The first-order valence-electron chi connectivity index (χ1n) is 6.67. The van der Waals surface area contributed by atoms with Gasteiger partial charge in [-0.2, -0.15) is 5.26 Å². The average molecular weight is 296 g/mol. The second-order valence-corrected chi connectivity index (χ2v) is 4.60. The maximum atomic E-state index is 12.1. The van der Waals surface area contributed by atoms with Crippen LogP contribution in [0.4, 0.5) is 5.69 Å². The predicted octanol–water partition coefficient (Wildman–Crippen LogP) is 2.76. The summed E-state index contributed by atoms with van der Waals surface area (Å²) in [4.78, 5) is 12.1. The molecule has 5 nitrogen and oxygen atoms in total. The van der Waals surface area contributed by atoms with Gasteiger partial charge in [-0.15, -0.1) is 0 Å². The summed E-state index contributed by atoms with van der Waals surface area (Å²) >= 11 is 0. The molecule has 0 bridgehead atoms. The topological polar surface area (TPSA) is 71.3 Å². The van der Waals surface area contributed by atoms with Crippen LogP contribution >= 0.6 is 0 Å². The number of nitrogens with one attached hydrogen (secondary N) is 1. The molecule has 2 rings (SSSR count). The molecule has 112 valence electrons. The standard InChI is InChI=1S/C17H16N2O3/c1-21-15-7-6-13(16(10-15)22-2)9-17(20)19-14-5-3-4-12(8-14)11-18/h3-8,10H,9H2,1-2H3,(H,19,20). The Hall–Kier alpha value is -3.00. The van der Waals surface area contributed by atoms with E-state index in [0.29, 0.717) is 22.7 Å². The second kappa shape index (κ2) is 7.14. The van der Waals surface area contributed by atoms with E-state index in [4.69, 9.17) is 14.7 Å². The molecule has 2 aromatic rings. The van der Waals surface area contributed by atoms with Crippen LogP contribution in [-0.4, -0.2) is 20.1 Å². The number of carbonyl (C=O) groups excluding carboxylic acids is 1. The summed E-state index contributed by atoms with van der Waals surface area (Å²) in [5, 5.41) is 11.6. The molecule has 0 saturated carbocycles. The molecule has 22 heavy (non-hydrogen) atoms. The number of amides is 1. The minimum Gasteiger partial charge on any atom is -0.497 e. The Kier molecular flexibility index (Phi) is 4.99. The van der Waals surface area contributed by atoms with Gasteiger partial charge in [0.05, 0.1) is 32.3 Å². The van der Waals surface area contributed by atoms with Crippen molar-refractivity contribution in [3.8, 4) is 17.6 Å². The number of methoxy groups -OCH3 is 2. The van der Waals surface area contributed by atoms with Gasteiger partial charge in [0.25, 0.3) is 0 Å². The molecule has 0 fully saturated rings. The van der Waals surface area contributed by atoms with Crippen molar-refractivity contribution in [3.63, 3.8) is 0 Å². The van der Waals surface area contributed by atoms with Crippen molar-refractivity contribution >= 4 is 11.6 Å². The highest BCUT2D eigenvalue weighted by Crippen LogP contribution is 2.25. The number of carbonyl (C=O) groups is 1. The molecule has 0 heterocycles. The van der Waals surface area contributed by atoms with Crippen LogP contribution in [0.15, 0.2) is 42.5 Å². The number of anilines is 1. The molecule has 0 spiro atoms. The molecular weight excluding hydrogens is 280 g/mol. The molecule has 1 N–H and O–H groups in total. The van der Waals surface area contributed by atoms with Gasteiger partial charge < -0.3 is 14.8 Å². The van der Waals surface area contributed by atoms with Gasteiger partial charge in [-0.1, -0.05) is 12.1 Å². The minimum absolute atomic E-state index is 0.171. The van der Waals surface area contributed by atoms with Crippen molar-refractivity contribution in [2.24, 2.45) is 0 Å². The van der Waals surface area contributed by atoms with Crippen molar-refractivity contribution in [2.75, 3.05) is 19.5 Å². The minimum atomic E-state index is -0.182. The quantitative estimate of drug-likeness (QED) is 0.921. The average Bonchev–Trinajstić information content (AvgIpc) is 2.55. The summed E-state index contributed by atoms with van der Waals surface area (Å²) in [6.45, 7) is 0. The van der Waals surface area contributed by atoms with Crippen LogP contribution in [0.5, 0.6) is 11.5 Å². The third-order valence-corrected chi connectivity index (χ3v) is 3.12. The lowest BCUT2D eigenvalue weighted by molar-refractivity contribution is -0.115. The number of rotatable bonds is 5. The molecule has 0 aliphatic rings. The molecule has 0 aromatic heterocycles. The number of nitriles is 1. The van der Waals surface area contributed by atoms with E-state index < -0.39 is 0 Å². The SMILES string of the molecule is COc1ccc(CC(=O)Nc2cccc(C#N)c2)c(OC)c1. The first-order valence-corrected chi connectivity index (χ1v) is 6.67. The van der Waals surface area contributed by atoms with E-state index >= 15 is 0 Å². The van der Waals surface area contributed by atoms with E-state index in [-0.39, 0.29) is 12.3 Å². The van der Waals surface area contributed by atoms with Crippen LogP contribution in [0.1, 0.15) is 11.1 Å². The van der Waals surface area contributed by atoms with E-state index in [1.165, 1.54) is 0 Å². The third-order valence-electron chi connectivity index (χ3n) is 3.12. The Balaban J connectivity index is 2.10. The summed E-state index contributed by atoms with van der Waals surface area (Å²) in [6, 6.07) is 14.1. The fourth-order valence-corrected chi connectivity index (χ4v) is 2.04. The smallest absolute Gasteiger partial charge is 0.228 e. The highest BCUT2D eigenvalue weighted by atomic mass is 16.5. The highest BCUT2D eigenvalue weighted by Gasteiger charge is 2.10. The molecule has 2 aromatic carbocycles. The van der Waals surface area contributed by atoms with Gasteiger partial charge in [-0.25, -0.2) is 0 Å². The number of nitrogens with zero attached hydrogens (tertiary/aromatic N) is 1. The molecule has 0 atom stereocenters. The maximum Gasteiger partial charge on any atom is 0.228 e. The molecule has 1 amide bonds. The zero-order chi connectivity index (χ0) is 15.9. The lowest BCUT2D eigenvalue weighted by Gasteiger charge is -2.11. The summed E-state index contributed by atoms with van der Waals surface area (Å²) in [6.07, 6.45) is 0.171. The van der Waals surface area contributed by atoms with Crippen LogP contribution in [-0.2, 0) is 11.2 Å². The van der Waals surface area contributed by atoms with Crippen molar-refractivity contribution in [1.29, 1.82) is 5.26 Å². The Labute approximate surface area is 129 Å². The fraction of sp³-hybridized carbons (Fsp3) is 0.176. The largest absolute Gasteiger partial charge is 0.497 e. The summed E-state index contributed by atoms with van der Waals surface area (Å²) in [5.74, 6) is 1.08. The molecule has 0 aliphatic heterocycles. The highest BCUT2D eigenvalue weighted by molar-refractivity contribution is 5.92. The Morgan fingerprint density at radius 3 is 2.68 bits per heavy atom. The van der Waals surface area contributed by atoms with Crippen molar-refractivity contribution in [1.82, 2.24) is 0 Å². The zero-order valence-electron chi connectivity index (χ0n) is 12.4. The molecule has 0 aliphatic carbocycles. The Morgan fingerprint density at radius 2 is 2.00 bits per heavy atom. The normalized spacial score (nSPS) is 9.68. The summed E-state index contributed by atoms with van der Waals surface area (Å²) in [5.41, 5.74) is 1.86. The lowest BCUT2D eigenvalue weighted by Crippen LogP contribution is -2.15. The molecule has 5 heteroatoms. The molecule has 0 radical (unpaired) electrons. The predicted molar refractivity (Wildman–Crippen MR) is 83.0 cm³/mol. The van der Waals surface area contributed by atoms with Gasteiger partial charge >= 0.3 is 0 Å². The van der Waals surface area contributed by atoms with E-state index in [9.17, 15) is 4.79 Å². The van der Waals surface area contributed by atoms with E-state index in [2.05, 4.69) is 5.32 Å². The second-order valence-electron chi connectivity index (χ2n) is 4.60. The van der Waals surface area contributed by atoms with Crippen molar-refractivity contribution < 1.29 is 14.3 Å². The zero-order valence-corrected chi connectivity index (χ0v) is 12.4. The first-order chi connectivity index (χ1) is 10.7. The van der Waals surface area contributed by atoms with Gasteiger partial charge in [0.1, 0.15) is 11.5 Å².